The second-order valence-corrected chi connectivity index (χ2v) is 3.75. The van der Waals surface area contributed by atoms with Gasteiger partial charge in [-0.05, 0) is 26.2 Å². The molecular weight excluding hydrogens is 200 g/mol. The molecule has 88 valence electrons. The van der Waals surface area contributed by atoms with Crippen molar-refractivity contribution < 1.29 is 19.4 Å². The SMILES string of the molecule is COC(=O)C(C)(N)CCCC(N)C(=O)O. The molecule has 5 N–H and O–H groups in total. The summed E-state index contributed by atoms with van der Waals surface area (Å²) in [6.07, 6.45) is 1.11. The van der Waals surface area contributed by atoms with Crippen molar-refractivity contribution >= 4 is 11.9 Å². The Bertz CT molecular complexity index is 240. The fraction of sp³-hybridized carbons (Fsp3) is 0.778. The van der Waals surface area contributed by atoms with E-state index in [4.69, 9.17) is 16.6 Å². The molecule has 6 nitrogen and oxygen atoms in total. The van der Waals surface area contributed by atoms with Crippen molar-refractivity contribution in [2.75, 3.05) is 7.11 Å². The first-order chi connectivity index (χ1) is 6.81. The molecule has 0 aliphatic heterocycles. The second kappa shape index (κ2) is 5.67. The van der Waals surface area contributed by atoms with Crippen LogP contribution in [0.5, 0.6) is 0 Å². The van der Waals surface area contributed by atoms with Gasteiger partial charge in [0.05, 0.1) is 7.11 Å². The van der Waals surface area contributed by atoms with E-state index in [2.05, 4.69) is 4.74 Å². The number of rotatable bonds is 6. The van der Waals surface area contributed by atoms with Gasteiger partial charge in [0.1, 0.15) is 11.6 Å². The summed E-state index contributed by atoms with van der Waals surface area (Å²) in [4.78, 5) is 21.5. The molecule has 0 aliphatic carbocycles. The van der Waals surface area contributed by atoms with E-state index in [1.807, 2.05) is 0 Å². The first-order valence-corrected chi connectivity index (χ1v) is 4.67. The van der Waals surface area contributed by atoms with Crippen molar-refractivity contribution in [2.45, 2.75) is 37.8 Å². The topological polar surface area (TPSA) is 116 Å². The van der Waals surface area contributed by atoms with Crippen LogP contribution >= 0.6 is 0 Å². The molecule has 0 bridgehead atoms. The molecular formula is C9H18N2O4. The Balaban J connectivity index is 3.95. The van der Waals surface area contributed by atoms with Crippen molar-refractivity contribution in [1.82, 2.24) is 0 Å². The molecule has 0 heterocycles. The Morgan fingerprint density at radius 1 is 1.53 bits per heavy atom. The lowest BCUT2D eigenvalue weighted by Gasteiger charge is -2.21. The van der Waals surface area contributed by atoms with Crippen LogP contribution in [-0.4, -0.2) is 35.7 Å². The van der Waals surface area contributed by atoms with E-state index in [-0.39, 0.29) is 0 Å². The molecule has 15 heavy (non-hydrogen) atoms. The lowest BCUT2D eigenvalue weighted by Crippen LogP contribution is -2.46. The standard InChI is InChI=1S/C9H18N2O4/c1-9(11,8(14)15-2)5-3-4-6(10)7(12)13/h6H,3-5,10-11H2,1-2H3,(H,12,13). The molecule has 0 spiro atoms. The average Bonchev–Trinajstić information content (AvgIpc) is 2.15. The van der Waals surface area contributed by atoms with Crippen LogP contribution in [0.1, 0.15) is 26.2 Å². The van der Waals surface area contributed by atoms with Gasteiger partial charge in [0.15, 0.2) is 0 Å². The first-order valence-electron chi connectivity index (χ1n) is 4.67. The summed E-state index contributed by atoms with van der Waals surface area (Å²) in [6, 6.07) is -0.904. The van der Waals surface area contributed by atoms with E-state index in [1.165, 1.54) is 7.11 Å². The molecule has 0 fully saturated rings. The quantitative estimate of drug-likeness (QED) is 0.515. The maximum Gasteiger partial charge on any atom is 0.325 e. The monoisotopic (exact) mass is 218 g/mol. The van der Waals surface area contributed by atoms with Crippen molar-refractivity contribution in [3.8, 4) is 0 Å². The van der Waals surface area contributed by atoms with Gasteiger partial charge in [-0.15, -0.1) is 0 Å². The number of carbonyl (C=O) groups excluding carboxylic acids is 1. The minimum atomic E-state index is -1.08. The summed E-state index contributed by atoms with van der Waals surface area (Å²) in [6.45, 7) is 1.55. The molecule has 0 saturated heterocycles. The number of hydrogen-bond donors (Lipinski definition) is 3. The van der Waals surface area contributed by atoms with Gasteiger partial charge in [-0.25, -0.2) is 0 Å². The summed E-state index contributed by atoms with van der Waals surface area (Å²) >= 11 is 0. The van der Waals surface area contributed by atoms with E-state index in [0.717, 1.165) is 0 Å². The molecule has 6 heteroatoms. The highest BCUT2D eigenvalue weighted by Gasteiger charge is 2.29. The summed E-state index contributed by atoms with van der Waals surface area (Å²) < 4.78 is 4.51. The van der Waals surface area contributed by atoms with Gasteiger partial charge in [0, 0.05) is 0 Å². The average molecular weight is 218 g/mol. The van der Waals surface area contributed by atoms with Crippen LogP contribution < -0.4 is 11.5 Å². The lowest BCUT2D eigenvalue weighted by atomic mass is 9.95. The lowest BCUT2D eigenvalue weighted by molar-refractivity contribution is -0.146. The third kappa shape index (κ3) is 4.75. The number of carbonyl (C=O) groups is 2. The zero-order valence-corrected chi connectivity index (χ0v) is 9.03. The van der Waals surface area contributed by atoms with Gasteiger partial charge < -0.3 is 21.3 Å². The van der Waals surface area contributed by atoms with Gasteiger partial charge in [0.2, 0.25) is 0 Å². The van der Waals surface area contributed by atoms with Gasteiger partial charge >= 0.3 is 11.9 Å². The molecule has 0 aromatic rings. The second-order valence-electron chi connectivity index (χ2n) is 3.75. The third-order valence-corrected chi connectivity index (χ3v) is 2.18. The number of carboxylic acids is 1. The van der Waals surface area contributed by atoms with E-state index in [1.54, 1.807) is 6.92 Å². The smallest absolute Gasteiger partial charge is 0.325 e. The fourth-order valence-electron chi connectivity index (χ4n) is 1.15. The fourth-order valence-corrected chi connectivity index (χ4v) is 1.15. The Morgan fingerprint density at radius 3 is 2.47 bits per heavy atom. The van der Waals surface area contributed by atoms with Crippen molar-refractivity contribution in [3.63, 3.8) is 0 Å². The normalized spacial score (nSPS) is 16.5. The zero-order valence-electron chi connectivity index (χ0n) is 9.03. The molecule has 2 atom stereocenters. The van der Waals surface area contributed by atoms with Crippen LogP contribution in [0.25, 0.3) is 0 Å². The number of nitrogens with two attached hydrogens (primary N) is 2. The number of hydrogen-bond acceptors (Lipinski definition) is 5. The first kappa shape index (κ1) is 13.9. The Kier molecular flexibility index (Phi) is 5.24. The predicted molar refractivity (Wildman–Crippen MR) is 54.1 cm³/mol. The maximum absolute atomic E-state index is 11.1. The van der Waals surface area contributed by atoms with E-state index < -0.39 is 23.5 Å². The highest BCUT2D eigenvalue weighted by Crippen LogP contribution is 2.13. The molecule has 0 radical (unpaired) electrons. The van der Waals surface area contributed by atoms with E-state index in [9.17, 15) is 9.59 Å². The number of ether oxygens (including phenoxy) is 1. The van der Waals surface area contributed by atoms with Crippen LogP contribution in [0.2, 0.25) is 0 Å². The molecule has 0 aromatic heterocycles. The Labute approximate surface area is 88.6 Å². The largest absolute Gasteiger partial charge is 0.480 e. The van der Waals surface area contributed by atoms with E-state index >= 15 is 0 Å². The highest BCUT2D eigenvalue weighted by molar-refractivity contribution is 5.79. The van der Waals surface area contributed by atoms with Crippen LogP contribution in [0, 0.1) is 0 Å². The molecule has 2 unspecified atom stereocenters. The van der Waals surface area contributed by atoms with Gasteiger partial charge in [0.25, 0.3) is 0 Å². The number of methoxy groups -OCH3 is 1. The Morgan fingerprint density at radius 2 is 2.07 bits per heavy atom. The van der Waals surface area contributed by atoms with Crippen LogP contribution in [-0.2, 0) is 14.3 Å². The predicted octanol–water partition coefficient (Wildman–Crippen LogP) is -0.541. The summed E-state index contributed by atoms with van der Waals surface area (Å²) in [5.74, 6) is -1.56. The van der Waals surface area contributed by atoms with Crippen LogP contribution in [0.15, 0.2) is 0 Å². The van der Waals surface area contributed by atoms with Crippen molar-refractivity contribution in [1.29, 1.82) is 0 Å². The van der Waals surface area contributed by atoms with Gasteiger partial charge in [-0.3, -0.25) is 9.59 Å². The molecule has 0 rings (SSSR count). The maximum atomic E-state index is 11.1. The molecule has 0 amide bonds. The summed E-state index contributed by atoms with van der Waals surface area (Å²) in [5, 5.41) is 8.52. The van der Waals surface area contributed by atoms with Crippen molar-refractivity contribution in [2.24, 2.45) is 11.5 Å². The van der Waals surface area contributed by atoms with Gasteiger partial charge in [-0.2, -0.15) is 0 Å². The van der Waals surface area contributed by atoms with Crippen LogP contribution in [0.3, 0.4) is 0 Å². The third-order valence-electron chi connectivity index (χ3n) is 2.18. The number of carboxylic acid groups (broad SMARTS) is 1. The van der Waals surface area contributed by atoms with Gasteiger partial charge in [-0.1, -0.05) is 0 Å². The molecule has 0 saturated carbocycles. The zero-order chi connectivity index (χ0) is 12.1. The minimum absolute atomic E-state index is 0.291. The number of aliphatic carboxylic acids is 1. The molecule has 0 aliphatic rings. The van der Waals surface area contributed by atoms with Crippen molar-refractivity contribution in [3.05, 3.63) is 0 Å². The highest BCUT2D eigenvalue weighted by atomic mass is 16.5. The summed E-state index contributed by atoms with van der Waals surface area (Å²) in [7, 11) is 1.26. The van der Waals surface area contributed by atoms with E-state index in [0.29, 0.717) is 19.3 Å². The number of esters is 1. The molecule has 0 aromatic carbocycles. The Hall–Kier alpha value is -1.14. The summed E-state index contributed by atoms with van der Waals surface area (Å²) in [5.41, 5.74) is 9.89. The van der Waals surface area contributed by atoms with Crippen LogP contribution in [0.4, 0.5) is 0 Å². The minimum Gasteiger partial charge on any atom is -0.480 e.